The van der Waals surface area contributed by atoms with Gasteiger partial charge in [-0.05, 0) is 0 Å². The molecule has 0 aromatic heterocycles. The molecule has 0 aromatic carbocycles. The minimum absolute atomic E-state index is 0. The van der Waals surface area contributed by atoms with E-state index in [0.717, 1.165) is 0 Å². The van der Waals surface area contributed by atoms with Crippen LogP contribution in [0.25, 0.3) is 0 Å². The molecule has 0 aromatic rings. The van der Waals surface area contributed by atoms with Crippen LogP contribution in [0, 0.1) is 45.3 Å². The zero-order valence-electron chi connectivity index (χ0n) is 7.74. The predicted molar refractivity (Wildman–Crippen MR) is 66.0 cm³/mol. The largest absolute Gasteiger partial charge is 2.00 e. The van der Waals surface area contributed by atoms with Crippen molar-refractivity contribution in [1.29, 1.82) is 21.0 Å². The maximum atomic E-state index is 8.01. The maximum absolute atomic E-state index is 8.01. The van der Waals surface area contributed by atoms with Crippen molar-refractivity contribution in [3.8, 4) is 24.3 Å². The molecule has 0 aliphatic carbocycles. The molecule has 0 unspecified atom stereocenters. The summed E-state index contributed by atoms with van der Waals surface area (Å²) in [5.74, 6) is 0. The molecule has 9 heteroatoms. The SMILES string of the molecule is N#CC([S-])=C([S-])C#N.N#CC([S-])=C([S-])C#N.[Ni+2]. The molecule has 88 valence electrons. The standard InChI is InChI=1S/2C4H2N2S2.Ni/c2*5-1-3(7)4(8)2-6;/h2*7-8H;/q;;+2/p-4. The van der Waals surface area contributed by atoms with Gasteiger partial charge in [0.1, 0.15) is 0 Å². The summed E-state index contributed by atoms with van der Waals surface area (Å²) in [5, 5.41) is 32.0. The Labute approximate surface area is 131 Å². The first-order chi connectivity index (χ1) is 7.44. The molecule has 0 saturated carbocycles. The summed E-state index contributed by atoms with van der Waals surface area (Å²) < 4.78 is 0. The Hall–Kier alpha value is -1.19. The smallest absolute Gasteiger partial charge is 0.770 e. The second-order valence-electron chi connectivity index (χ2n) is 1.76. The number of nitrogens with zero attached hydrogens (tertiary/aromatic N) is 4. The second-order valence-corrected chi connectivity index (χ2v) is 3.40. The molecule has 0 spiro atoms. The Kier molecular flexibility index (Phi) is 16.0. The van der Waals surface area contributed by atoms with Gasteiger partial charge in [0.05, 0.1) is 24.3 Å². The molecule has 0 aliphatic rings. The van der Waals surface area contributed by atoms with Gasteiger partial charge in [-0.1, -0.05) is 0 Å². The van der Waals surface area contributed by atoms with Gasteiger partial charge in [-0.3, -0.25) is 0 Å². The Morgan fingerprint density at radius 3 is 0.706 bits per heavy atom. The van der Waals surface area contributed by atoms with Crippen LogP contribution < -0.4 is 0 Å². The van der Waals surface area contributed by atoms with Gasteiger partial charge in [0.25, 0.3) is 0 Å². The van der Waals surface area contributed by atoms with Gasteiger partial charge in [0.15, 0.2) is 0 Å². The van der Waals surface area contributed by atoms with E-state index < -0.39 is 0 Å². The van der Waals surface area contributed by atoms with Gasteiger partial charge >= 0.3 is 16.5 Å². The average Bonchev–Trinajstić information content (AvgIpc) is 2.35. The quantitative estimate of drug-likeness (QED) is 0.361. The van der Waals surface area contributed by atoms with Crippen molar-refractivity contribution in [2.45, 2.75) is 0 Å². The molecule has 0 bridgehead atoms. The van der Waals surface area contributed by atoms with E-state index in [-0.39, 0.29) is 36.1 Å². The summed E-state index contributed by atoms with van der Waals surface area (Å²) in [4.78, 5) is -0.435. The second kappa shape index (κ2) is 12.9. The normalized spacial score (nSPS) is 10.1. The first-order valence-corrected chi connectivity index (χ1v) is 4.84. The van der Waals surface area contributed by atoms with Crippen LogP contribution >= 0.6 is 0 Å². The summed E-state index contributed by atoms with van der Waals surface area (Å²) in [6.45, 7) is 0. The molecular weight excluding hydrogens is 339 g/mol. The Balaban J connectivity index is -0.000000218. The van der Waals surface area contributed by atoms with Gasteiger partial charge in [-0.25, -0.2) is 0 Å². The summed E-state index contributed by atoms with van der Waals surface area (Å²) in [6, 6.07) is 6.33. The van der Waals surface area contributed by atoms with Gasteiger partial charge in [0, 0.05) is 0 Å². The number of rotatable bonds is 0. The molecular formula is C8N4NiS4-2. The van der Waals surface area contributed by atoms with E-state index in [4.69, 9.17) is 21.0 Å². The van der Waals surface area contributed by atoms with E-state index in [1.54, 1.807) is 24.3 Å². The summed E-state index contributed by atoms with van der Waals surface area (Å²) in [7, 11) is 0. The zero-order valence-corrected chi connectivity index (χ0v) is 12.0. The van der Waals surface area contributed by atoms with Crippen molar-refractivity contribution in [3.63, 3.8) is 0 Å². The molecule has 0 amide bonds. The van der Waals surface area contributed by atoms with Crippen LogP contribution in [0.5, 0.6) is 0 Å². The summed E-state index contributed by atoms with van der Waals surface area (Å²) in [5.41, 5.74) is 0. The topological polar surface area (TPSA) is 95.2 Å². The van der Waals surface area contributed by atoms with Gasteiger partial charge < -0.3 is 50.5 Å². The van der Waals surface area contributed by atoms with E-state index in [0.29, 0.717) is 0 Å². The Morgan fingerprint density at radius 1 is 0.529 bits per heavy atom. The van der Waals surface area contributed by atoms with Gasteiger partial charge in [0.2, 0.25) is 0 Å². The predicted octanol–water partition coefficient (Wildman–Crippen LogP) is 0.675. The van der Waals surface area contributed by atoms with Crippen molar-refractivity contribution < 1.29 is 16.5 Å². The molecule has 0 atom stereocenters. The molecule has 0 aliphatic heterocycles. The van der Waals surface area contributed by atoms with Crippen molar-refractivity contribution in [1.82, 2.24) is 0 Å². The third-order valence-corrected chi connectivity index (χ3v) is 2.26. The fourth-order valence-electron chi connectivity index (χ4n) is 0.203. The molecule has 0 fully saturated rings. The Morgan fingerprint density at radius 2 is 0.647 bits per heavy atom. The Bertz CT molecular complexity index is 394. The van der Waals surface area contributed by atoms with Crippen molar-refractivity contribution in [3.05, 3.63) is 19.6 Å². The number of nitriles is 4. The number of allylic oxidation sites excluding steroid dienone is 4. The van der Waals surface area contributed by atoms with Crippen LogP contribution in [-0.2, 0) is 67.0 Å². The van der Waals surface area contributed by atoms with Crippen LogP contribution in [0.15, 0.2) is 19.6 Å². The average molecular weight is 339 g/mol. The molecule has 0 rings (SSSR count). The third kappa shape index (κ3) is 11.1. The first kappa shape index (κ1) is 21.1. The van der Waals surface area contributed by atoms with E-state index in [1.807, 2.05) is 0 Å². The van der Waals surface area contributed by atoms with Crippen LogP contribution in [0.3, 0.4) is 0 Å². The third-order valence-electron chi connectivity index (χ3n) is 0.819. The van der Waals surface area contributed by atoms with E-state index >= 15 is 0 Å². The first-order valence-electron chi connectivity index (χ1n) is 3.21. The minimum Gasteiger partial charge on any atom is -0.770 e. The summed E-state index contributed by atoms with van der Waals surface area (Å²) in [6.07, 6.45) is 0. The van der Waals surface area contributed by atoms with Gasteiger partial charge in [-0.2, -0.15) is 21.0 Å². The molecule has 4 nitrogen and oxygen atoms in total. The van der Waals surface area contributed by atoms with Crippen molar-refractivity contribution in [2.75, 3.05) is 0 Å². The van der Waals surface area contributed by atoms with E-state index in [2.05, 4.69) is 50.5 Å². The fourth-order valence-corrected chi connectivity index (χ4v) is 0.386. The molecule has 0 N–H and O–H groups in total. The van der Waals surface area contributed by atoms with Crippen LogP contribution in [0.4, 0.5) is 0 Å². The van der Waals surface area contributed by atoms with E-state index in [9.17, 15) is 0 Å². The van der Waals surface area contributed by atoms with Crippen molar-refractivity contribution >= 4 is 50.5 Å². The number of hydrogen-bond acceptors (Lipinski definition) is 8. The summed E-state index contributed by atoms with van der Waals surface area (Å²) >= 11 is 17.4. The maximum Gasteiger partial charge on any atom is 2.00 e. The monoisotopic (exact) mass is 338 g/mol. The van der Waals surface area contributed by atoms with Crippen LogP contribution in [0.2, 0.25) is 0 Å². The van der Waals surface area contributed by atoms with E-state index in [1.165, 1.54) is 0 Å². The zero-order chi connectivity index (χ0) is 13.1. The van der Waals surface area contributed by atoms with Gasteiger partial charge in [-0.15, -0.1) is 19.6 Å². The molecule has 0 heterocycles. The van der Waals surface area contributed by atoms with Crippen LogP contribution in [-0.4, -0.2) is 0 Å². The minimum atomic E-state index is -0.109. The fraction of sp³-hybridized carbons (Fsp3) is 0. The number of hydrogen-bond donors (Lipinski definition) is 0. The van der Waals surface area contributed by atoms with Crippen molar-refractivity contribution in [2.24, 2.45) is 0 Å². The van der Waals surface area contributed by atoms with Crippen LogP contribution in [0.1, 0.15) is 0 Å². The molecule has 17 heavy (non-hydrogen) atoms. The molecule has 0 radical (unpaired) electrons. The molecule has 0 saturated heterocycles.